The van der Waals surface area contributed by atoms with Gasteiger partial charge in [-0.15, -0.1) is 0 Å². The molecule has 2 atom stereocenters. The minimum atomic E-state index is -3.80. The molecule has 8 heteroatoms. The van der Waals surface area contributed by atoms with Crippen LogP contribution in [0.1, 0.15) is 13.3 Å². The maximum absolute atomic E-state index is 11.7. The second kappa shape index (κ2) is 4.98. The number of ether oxygens (including phenoxy) is 1. The van der Waals surface area contributed by atoms with Gasteiger partial charge in [-0.2, -0.15) is 12.7 Å². The van der Waals surface area contributed by atoms with E-state index in [1.807, 2.05) is 11.6 Å². The summed E-state index contributed by atoms with van der Waals surface area (Å²) in [7, 11) is -2.69. The first kappa shape index (κ1) is 13.2. The average Bonchev–Trinajstić information content (AvgIpc) is 2.21. The molecule has 0 radical (unpaired) electrons. The Labute approximate surface area is 95.1 Å². The topological polar surface area (TPSA) is 102 Å². The molecule has 0 bridgehead atoms. The van der Waals surface area contributed by atoms with Gasteiger partial charge < -0.3 is 10.5 Å². The van der Waals surface area contributed by atoms with E-state index in [4.69, 9.17) is 5.73 Å². The van der Waals surface area contributed by atoms with Gasteiger partial charge in [0.25, 0.3) is 0 Å². The fourth-order valence-corrected chi connectivity index (χ4v) is 2.76. The zero-order chi connectivity index (χ0) is 12.3. The normalized spacial score (nSPS) is 27.4. The highest BCUT2D eigenvalue weighted by Crippen LogP contribution is 2.16. The number of methoxy groups -OCH3 is 1. The minimum Gasteiger partial charge on any atom is -0.452 e. The molecule has 2 unspecified atom stereocenters. The summed E-state index contributed by atoms with van der Waals surface area (Å²) in [4.78, 5) is 10.9. The van der Waals surface area contributed by atoms with Crippen LogP contribution in [0.4, 0.5) is 4.79 Å². The Morgan fingerprint density at radius 1 is 1.56 bits per heavy atom. The van der Waals surface area contributed by atoms with Crippen molar-refractivity contribution in [1.29, 1.82) is 0 Å². The van der Waals surface area contributed by atoms with E-state index < -0.39 is 16.3 Å². The summed E-state index contributed by atoms with van der Waals surface area (Å²) in [5.74, 6) is 0.0722. The van der Waals surface area contributed by atoms with Crippen molar-refractivity contribution in [2.75, 3.05) is 20.2 Å². The lowest BCUT2D eigenvalue weighted by molar-refractivity contribution is 0.176. The third-order valence-corrected chi connectivity index (χ3v) is 4.11. The van der Waals surface area contributed by atoms with Crippen LogP contribution in [-0.4, -0.2) is 45.1 Å². The van der Waals surface area contributed by atoms with Crippen LogP contribution in [-0.2, 0) is 14.9 Å². The summed E-state index contributed by atoms with van der Waals surface area (Å²) in [6.45, 7) is 2.51. The summed E-state index contributed by atoms with van der Waals surface area (Å²) in [5.41, 5.74) is 5.78. The molecule has 1 fully saturated rings. The van der Waals surface area contributed by atoms with Crippen molar-refractivity contribution in [2.24, 2.45) is 11.7 Å². The van der Waals surface area contributed by atoms with Gasteiger partial charge in [0, 0.05) is 19.1 Å². The van der Waals surface area contributed by atoms with Gasteiger partial charge >= 0.3 is 16.3 Å². The SMILES string of the molecule is COC(=O)NS(=O)(=O)N1CCC(N)C(C)C1. The smallest absolute Gasteiger partial charge is 0.421 e. The van der Waals surface area contributed by atoms with E-state index in [-0.39, 0.29) is 12.0 Å². The molecule has 1 rings (SSSR count). The molecule has 1 heterocycles. The number of amides is 1. The van der Waals surface area contributed by atoms with Gasteiger partial charge in [0.2, 0.25) is 0 Å². The Bertz CT molecular complexity index is 356. The molecule has 0 aromatic heterocycles. The summed E-state index contributed by atoms with van der Waals surface area (Å²) in [6, 6.07) is 0.00424. The highest BCUT2D eigenvalue weighted by atomic mass is 32.2. The molecule has 0 saturated carbocycles. The zero-order valence-corrected chi connectivity index (χ0v) is 10.2. The summed E-state index contributed by atoms with van der Waals surface area (Å²) in [6.07, 6.45) is -0.397. The third-order valence-electron chi connectivity index (χ3n) is 2.67. The minimum absolute atomic E-state index is 0.00424. The first-order chi connectivity index (χ1) is 7.36. The highest BCUT2D eigenvalue weighted by molar-refractivity contribution is 7.87. The van der Waals surface area contributed by atoms with Gasteiger partial charge in [-0.25, -0.2) is 9.52 Å². The number of piperidine rings is 1. The summed E-state index contributed by atoms with van der Waals surface area (Å²) < 4.78 is 30.6. The molecule has 94 valence electrons. The molecule has 0 aromatic carbocycles. The van der Waals surface area contributed by atoms with E-state index in [0.29, 0.717) is 19.5 Å². The lowest BCUT2D eigenvalue weighted by atomic mass is 9.96. The van der Waals surface area contributed by atoms with Crippen LogP contribution in [0.2, 0.25) is 0 Å². The molecule has 3 N–H and O–H groups in total. The summed E-state index contributed by atoms with van der Waals surface area (Å²) >= 11 is 0. The van der Waals surface area contributed by atoms with Crippen molar-refractivity contribution < 1.29 is 17.9 Å². The molecule has 1 amide bonds. The lowest BCUT2D eigenvalue weighted by Gasteiger charge is -2.33. The van der Waals surface area contributed by atoms with Gasteiger partial charge in [0.1, 0.15) is 0 Å². The van der Waals surface area contributed by atoms with Crippen molar-refractivity contribution in [2.45, 2.75) is 19.4 Å². The maximum atomic E-state index is 11.7. The van der Waals surface area contributed by atoms with Gasteiger partial charge in [-0.3, -0.25) is 0 Å². The van der Waals surface area contributed by atoms with Gasteiger partial charge in [-0.1, -0.05) is 6.92 Å². The molecule has 1 aliphatic rings. The lowest BCUT2D eigenvalue weighted by Crippen LogP contribution is -2.52. The van der Waals surface area contributed by atoms with Gasteiger partial charge in [-0.05, 0) is 12.3 Å². The first-order valence-corrected chi connectivity index (χ1v) is 6.42. The second-order valence-electron chi connectivity index (χ2n) is 3.89. The Morgan fingerprint density at radius 2 is 2.19 bits per heavy atom. The molecule has 1 aliphatic heterocycles. The number of nitrogens with zero attached hydrogens (tertiary/aromatic N) is 1. The Kier molecular flexibility index (Phi) is 4.11. The quantitative estimate of drug-likeness (QED) is 0.672. The fourth-order valence-electron chi connectivity index (χ4n) is 1.56. The monoisotopic (exact) mass is 251 g/mol. The predicted octanol–water partition coefficient (Wildman–Crippen LogP) is -0.744. The number of carbonyl (C=O) groups is 1. The van der Waals surface area contributed by atoms with Gasteiger partial charge in [0.05, 0.1) is 7.11 Å². The van der Waals surface area contributed by atoms with Crippen LogP contribution in [0.3, 0.4) is 0 Å². The zero-order valence-electron chi connectivity index (χ0n) is 9.34. The number of rotatable bonds is 2. The largest absolute Gasteiger partial charge is 0.452 e. The van der Waals surface area contributed by atoms with E-state index in [0.717, 1.165) is 7.11 Å². The molecule has 0 spiro atoms. The molecule has 0 aliphatic carbocycles. The number of hydrogen-bond acceptors (Lipinski definition) is 5. The molecule has 1 saturated heterocycles. The first-order valence-electron chi connectivity index (χ1n) is 4.98. The van der Waals surface area contributed by atoms with Crippen molar-refractivity contribution in [3.8, 4) is 0 Å². The van der Waals surface area contributed by atoms with Crippen LogP contribution in [0.25, 0.3) is 0 Å². The Balaban J connectivity index is 2.67. The van der Waals surface area contributed by atoms with Crippen LogP contribution >= 0.6 is 0 Å². The molecule has 0 aromatic rings. The van der Waals surface area contributed by atoms with Crippen molar-refractivity contribution >= 4 is 16.3 Å². The molecule has 7 nitrogen and oxygen atoms in total. The van der Waals surface area contributed by atoms with E-state index in [1.165, 1.54) is 4.31 Å². The van der Waals surface area contributed by atoms with Crippen molar-refractivity contribution in [3.05, 3.63) is 0 Å². The number of nitrogens with two attached hydrogens (primary N) is 1. The average molecular weight is 251 g/mol. The standard InChI is InChI=1S/C8H17N3O4S/c1-6-5-11(4-3-7(6)9)16(13,14)10-8(12)15-2/h6-7H,3-5,9H2,1-2H3,(H,10,12). The van der Waals surface area contributed by atoms with E-state index in [1.54, 1.807) is 0 Å². The fraction of sp³-hybridized carbons (Fsp3) is 0.875. The third kappa shape index (κ3) is 3.06. The van der Waals surface area contributed by atoms with Crippen molar-refractivity contribution in [1.82, 2.24) is 9.03 Å². The van der Waals surface area contributed by atoms with Crippen LogP contribution in [0.5, 0.6) is 0 Å². The number of hydrogen-bond donors (Lipinski definition) is 2. The van der Waals surface area contributed by atoms with Crippen LogP contribution < -0.4 is 10.5 Å². The maximum Gasteiger partial charge on any atom is 0.421 e. The number of nitrogens with one attached hydrogen (secondary N) is 1. The van der Waals surface area contributed by atoms with E-state index in [9.17, 15) is 13.2 Å². The van der Waals surface area contributed by atoms with E-state index >= 15 is 0 Å². The molecule has 16 heavy (non-hydrogen) atoms. The highest BCUT2D eigenvalue weighted by Gasteiger charge is 2.31. The predicted molar refractivity (Wildman–Crippen MR) is 57.8 cm³/mol. The molecular weight excluding hydrogens is 234 g/mol. The van der Waals surface area contributed by atoms with Crippen molar-refractivity contribution in [3.63, 3.8) is 0 Å². The molecular formula is C8H17N3O4S. The summed E-state index contributed by atoms with van der Waals surface area (Å²) in [5, 5.41) is 0. The second-order valence-corrected chi connectivity index (χ2v) is 5.56. The van der Waals surface area contributed by atoms with Crippen LogP contribution in [0.15, 0.2) is 0 Å². The van der Waals surface area contributed by atoms with E-state index in [2.05, 4.69) is 4.74 Å². The Morgan fingerprint density at radius 3 is 2.69 bits per heavy atom. The Hall–Kier alpha value is -0.860. The van der Waals surface area contributed by atoms with Crippen LogP contribution in [0, 0.1) is 5.92 Å². The van der Waals surface area contributed by atoms with Gasteiger partial charge in [0.15, 0.2) is 0 Å². The number of carbonyl (C=O) groups excluding carboxylic acids is 1.